The molecule has 0 unspecified atom stereocenters. The molecule has 3 heteroatoms. The van der Waals surface area contributed by atoms with Crippen molar-refractivity contribution in [1.82, 2.24) is 4.98 Å². The molecular formula is C12H17NO2. The summed E-state index contributed by atoms with van der Waals surface area (Å²) >= 11 is 0. The SMILES string of the molecule is CC(C)(C)Cc1cnc2c(c1)OCCO2. The van der Waals surface area contributed by atoms with Gasteiger partial charge in [-0.2, -0.15) is 0 Å². The van der Waals surface area contributed by atoms with E-state index in [9.17, 15) is 0 Å². The molecule has 0 aliphatic carbocycles. The van der Waals surface area contributed by atoms with Crippen LogP contribution in [0.4, 0.5) is 0 Å². The highest BCUT2D eigenvalue weighted by Gasteiger charge is 2.16. The largest absolute Gasteiger partial charge is 0.484 e. The molecule has 82 valence electrons. The second-order valence-electron chi connectivity index (χ2n) is 5.08. The lowest BCUT2D eigenvalue weighted by Crippen LogP contribution is -2.17. The fraction of sp³-hybridized carbons (Fsp3) is 0.583. The Morgan fingerprint density at radius 1 is 1.27 bits per heavy atom. The zero-order valence-electron chi connectivity index (χ0n) is 9.54. The van der Waals surface area contributed by atoms with E-state index >= 15 is 0 Å². The van der Waals surface area contributed by atoms with Crippen molar-refractivity contribution in [3.05, 3.63) is 17.8 Å². The molecule has 0 saturated carbocycles. The fourth-order valence-corrected chi connectivity index (χ4v) is 1.68. The number of fused-ring (bicyclic) bond motifs is 1. The van der Waals surface area contributed by atoms with Gasteiger partial charge in [0.15, 0.2) is 5.75 Å². The lowest BCUT2D eigenvalue weighted by atomic mass is 9.89. The quantitative estimate of drug-likeness (QED) is 0.708. The third kappa shape index (κ3) is 2.61. The first-order chi connectivity index (χ1) is 7.04. The molecule has 15 heavy (non-hydrogen) atoms. The number of hydrogen-bond donors (Lipinski definition) is 0. The van der Waals surface area contributed by atoms with Crippen LogP contribution in [-0.2, 0) is 6.42 Å². The number of aromatic nitrogens is 1. The highest BCUT2D eigenvalue weighted by Crippen LogP contribution is 2.30. The number of hydrogen-bond acceptors (Lipinski definition) is 3. The predicted octanol–water partition coefficient (Wildman–Crippen LogP) is 2.44. The first kappa shape index (κ1) is 10.3. The molecule has 2 rings (SSSR count). The highest BCUT2D eigenvalue weighted by atomic mass is 16.6. The lowest BCUT2D eigenvalue weighted by molar-refractivity contribution is 0.164. The van der Waals surface area contributed by atoms with Gasteiger partial charge in [-0.05, 0) is 23.5 Å². The Bertz CT molecular complexity index is 355. The molecule has 1 aliphatic rings. The zero-order valence-corrected chi connectivity index (χ0v) is 9.54. The van der Waals surface area contributed by atoms with Crippen LogP contribution < -0.4 is 9.47 Å². The predicted molar refractivity (Wildman–Crippen MR) is 58.4 cm³/mol. The lowest BCUT2D eigenvalue weighted by Gasteiger charge is -2.21. The maximum Gasteiger partial charge on any atom is 0.257 e. The maximum absolute atomic E-state index is 5.49. The van der Waals surface area contributed by atoms with Gasteiger partial charge in [0.25, 0.3) is 5.88 Å². The van der Waals surface area contributed by atoms with Crippen LogP contribution in [0.15, 0.2) is 12.3 Å². The standard InChI is InChI=1S/C12H17NO2/c1-12(2,3)7-9-6-10-11(13-8-9)15-5-4-14-10/h6,8H,4-5,7H2,1-3H3. The van der Waals surface area contributed by atoms with E-state index < -0.39 is 0 Å². The van der Waals surface area contributed by atoms with E-state index in [4.69, 9.17) is 9.47 Å². The molecule has 0 radical (unpaired) electrons. The van der Waals surface area contributed by atoms with Crippen molar-refractivity contribution in [3.63, 3.8) is 0 Å². The molecule has 1 aromatic rings. The van der Waals surface area contributed by atoms with Crippen LogP contribution in [0.3, 0.4) is 0 Å². The first-order valence-electron chi connectivity index (χ1n) is 5.29. The third-order valence-electron chi connectivity index (χ3n) is 2.19. The zero-order chi connectivity index (χ0) is 10.9. The minimum atomic E-state index is 0.269. The van der Waals surface area contributed by atoms with Crippen molar-refractivity contribution in [3.8, 4) is 11.6 Å². The number of nitrogens with zero attached hydrogens (tertiary/aromatic N) is 1. The molecule has 3 nitrogen and oxygen atoms in total. The minimum absolute atomic E-state index is 0.269. The van der Waals surface area contributed by atoms with Gasteiger partial charge in [0.2, 0.25) is 0 Å². The molecule has 0 fully saturated rings. The summed E-state index contributed by atoms with van der Waals surface area (Å²) < 4.78 is 10.9. The number of rotatable bonds is 1. The Labute approximate surface area is 90.4 Å². The summed E-state index contributed by atoms with van der Waals surface area (Å²) in [6.07, 6.45) is 2.87. The van der Waals surface area contributed by atoms with E-state index in [0.29, 0.717) is 19.1 Å². The van der Waals surface area contributed by atoms with Crippen LogP contribution in [0, 0.1) is 5.41 Å². The van der Waals surface area contributed by atoms with Crippen LogP contribution in [0.25, 0.3) is 0 Å². The summed E-state index contributed by atoms with van der Waals surface area (Å²) in [6.45, 7) is 7.85. The van der Waals surface area contributed by atoms with Crippen molar-refractivity contribution in [1.29, 1.82) is 0 Å². The molecule has 0 aromatic carbocycles. The van der Waals surface area contributed by atoms with Gasteiger partial charge in [-0.25, -0.2) is 4.98 Å². The molecule has 0 saturated heterocycles. The van der Waals surface area contributed by atoms with Crippen molar-refractivity contribution in [2.75, 3.05) is 13.2 Å². The second-order valence-corrected chi connectivity index (χ2v) is 5.08. The van der Waals surface area contributed by atoms with Crippen molar-refractivity contribution in [2.45, 2.75) is 27.2 Å². The average Bonchev–Trinajstić information content (AvgIpc) is 2.15. The van der Waals surface area contributed by atoms with Crippen LogP contribution in [0.5, 0.6) is 11.6 Å². The van der Waals surface area contributed by atoms with Gasteiger partial charge in [0.05, 0.1) is 0 Å². The number of ether oxygens (including phenoxy) is 2. The Morgan fingerprint density at radius 3 is 2.73 bits per heavy atom. The highest BCUT2D eigenvalue weighted by molar-refractivity contribution is 5.37. The van der Waals surface area contributed by atoms with Crippen molar-refractivity contribution >= 4 is 0 Å². The van der Waals surface area contributed by atoms with Crippen molar-refractivity contribution in [2.24, 2.45) is 5.41 Å². The first-order valence-corrected chi connectivity index (χ1v) is 5.29. The topological polar surface area (TPSA) is 31.4 Å². The molecule has 0 atom stereocenters. The molecular weight excluding hydrogens is 190 g/mol. The van der Waals surface area contributed by atoms with Crippen LogP contribution in [0.2, 0.25) is 0 Å². The van der Waals surface area contributed by atoms with E-state index in [-0.39, 0.29) is 5.41 Å². The van der Waals surface area contributed by atoms with Gasteiger partial charge >= 0.3 is 0 Å². The Kier molecular flexibility index (Phi) is 2.55. The fourth-order valence-electron chi connectivity index (χ4n) is 1.68. The molecule has 0 N–H and O–H groups in total. The summed E-state index contributed by atoms with van der Waals surface area (Å²) in [5.74, 6) is 1.40. The maximum atomic E-state index is 5.49. The van der Waals surface area contributed by atoms with Crippen LogP contribution in [-0.4, -0.2) is 18.2 Å². The molecule has 0 spiro atoms. The summed E-state index contributed by atoms with van der Waals surface area (Å²) in [6, 6.07) is 2.03. The molecule has 2 heterocycles. The normalized spacial score (nSPS) is 15.1. The molecule has 1 aromatic heterocycles. The summed E-state index contributed by atoms with van der Waals surface area (Å²) in [7, 11) is 0. The average molecular weight is 207 g/mol. The van der Waals surface area contributed by atoms with Gasteiger partial charge in [-0.3, -0.25) is 0 Å². The molecule has 1 aliphatic heterocycles. The molecule has 0 bridgehead atoms. The van der Waals surface area contributed by atoms with E-state index in [0.717, 1.165) is 12.2 Å². The Morgan fingerprint density at radius 2 is 2.00 bits per heavy atom. The summed E-state index contributed by atoms with van der Waals surface area (Å²) in [4.78, 5) is 4.26. The Hall–Kier alpha value is -1.25. The molecule has 0 amide bonds. The third-order valence-corrected chi connectivity index (χ3v) is 2.19. The number of pyridine rings is 1. The van der Waals surface area contributed by atoms with E-state index in [2.05, 4.69) is 25.8 Å². The van der Waals surface area contributed by atoms with Gasteiger partial charge < -0.3 is 9.47 Å². The van der Waals surface area contributed by atoms with Gasteiger partial charge in [0, 0.05) is 6.20 Å². The van der Waals surface area contributed by atoms with Crippen LogP contribution >= 0.6 is 0 Å². The van der Waals surface area contributed by atoms with Crippen LogP contribution in [0.1, 0.15) is 26.3 Å². The van der Waals surface area contributed by atoms with E-state index in [1.165, 1.54) is 5.56 Å². The Balaban J connectivity index is 2.21. The summed E-state index contributed by atoms with van der Waals surface area (Å²) in [5, 5.41) is 0. The van der Waals surface area contributed by atoms with E-state index in [1.807, 2.05) is 12.3 Å². The summed E-state index contributed by atoms with van der Waals surface area (Å²) in [5.41, 5.74) is 1.47. The smallest absolute Gasteiger partial charge is 0.257 e. The van der Waals surface area contributed by atoms with E-state index in [1.54, 1.807) is 0 Å². The minimum Gasteiger partial charge on any atom is -0.484 e. The van der Waals surface area contributed by atoms with Crippen molar-refractivity contribution < 1.29 is 9.47 Å². The van der Waals surface area contributed by atoms with Gasteiger partial charge in [0.1, 0.15) is 13.2 Å². The van der Waals surface area contributed by atoms with Gasteiger partial charge in [-0.1, -0.05) is 20.8 Å². The monoisotopic (exact) mass is 207 g/mol. The van der Waals surface area contributed by atoms with Gasteiger partial charge in [-0.15, -0.1) is 0 Å². The second kappa shape index (κ2) is 3.72.